The van der Waals surface area contributed by atoms with Crippen LogP contribution in [0.3, 0.4) is 0 Å². The summed E-state index contributed by atoms with van der Waals surface area (Å²) in [6.07, 6.45) is 2.24. The zero-order valence-electron chi connectivity index (χ0n) is 8.00. The minimum Gasteiger partial charge on any atom is -0.398 e. The third kappa shape index (κ3) is 2.10. The topological polar surface area (TPSA) is 35.2 Å². The average Bonchev–Trinajstić information content (AvgIpc) is 2.23. The SMILES string of the molecule is Nc1ccc(C2CCOCC2)cc1Br. The Balaban J connectivity index is 2.18. The van der Waals surface area contributed by atoms with Gasteiger partial charge in [0.05, 0.1) is 0 Å². The van der Waals surface area contributed by atoms with Gasteiger partial charge in [-0.05, 0) is 52.4 Å². The van der Waals surface area contributed by atoms with Crippen LogP contribution in [0.1, 0.15) is 24.3 Å². The van der Waals surface area contributed by atoms with Crippen LogP contribution in [-0.2, 0) is 4.74 Å². The summed E-state index contributed by atoms with van der Waals surface area (Å²) in [6.45, 7) is 1.76. The van der Waals surface area contributed by atoms with Crippen molar-refractivity contribution in [3.05, 3.63) is 28.2 Å². The van der Waals surface area contributed by atoms with Gasteiger partial charge in [-0.15, -0.1) is 0 Å². The molecule has 2 N–H and O–H groups in total. The summed E-state index contributed by atoms with van der Waals surface area (Å²) in [6, 6.07) is 6.22. The zero-order valence-corrected chi connectivity index (χ0v) is 9.59. The molecule has 1 saturated heterocycles. The van der Waals surface area contributed by atoms with Crippen molar-refractivity contribution >= 4 is 21.6 Å². The average molecular weight is 256 g/mol. The summed E-state index contributed by atoms with van der Waals surface area (Å²) in [4.78, 5) is 0. The number of rotatable bonds is 1. The quantitative estimate of drug-likeness (QED) is 0.784. The van der Waals surface area contributed by atoms with E-state index in [0.29, 0.717) is 5.92 Å². The van der Waals surface area contributed by atoms with E-state index in [1.807, 2.05) is 6.07 Å². The fourth-order valence-corrected chi connectivity index (χ4v) is 2.22. The van der Waals surface area contributed by atoms with Gasteiger partial charge in [-0.3, -0.25) is 0 Å². The Hall–Kier alpha value is -0.540. The highest BCUT2D eigenvalue weighted by Gasteiger charge is 2.16. The zero-order chi connectivity index (χ0) is 9.97. The summed E-state index contributed by atoms with van der Waals surface area (Å²) in [5.41, 5.74) is 7.92. The first kappa shape index (κ1) is 9.99. The number of hydrogen-bond donors (Lipinski definition) is 1. The summed E-state index contributed by atoms with van der Waals surface area (Å²) in [7, 11) is 0. The fourth-order valence-electron chi connectivity index (χ4n) is 1.83. The van der Waals surface area contributed by atoms with Crippen molar-refractivity contribution in [1.82, 2.24) is 0 Å². The minimum absolute atomic E-state index is 0.639. The van der Waals surface area contributed by atoms with Gasteiger partial charge in [0.2, 0.25) is 0 Å². The number of ether oxygens (including phenoxy) is 1. The van der Waals surface area contributed by atoms with E-state index < -0.39 is 0 Å². The van der Waals surface area contributed by atoms with Gasteiger partial charge < -0.3 is 10.5 Å². The first-order valence-corrected chi connectivity index (χ1v) is 5.69. The van der Waals surface area contributed by atoms with Gasteiger partial charge >= 0.3 is 0 Å². The van der Waals surface area contributed by atoms with E-state index in [1.165, 1.54) is 5.56 Å². The van der Waals surface area contributed by atoms with E-state index in [0.717, 1.165) is 36.2 Å². The highest BCUT2D eigenvalue weighted by molar-refractivity contribution is 9.10. The van der Waals surface area contributed by atoms with Crippen LogP contribution in [0.15, 0.2) is 22.7 Å². The Morgan fingerprint density at radius 1 is 1.29 bits per heavy atom. The van der Waals surface area contributed by atoms with Crippen LogP contribution in [0.4, 0.5) is 5.69 Å². The van der Waals surface area contributed by atoms with Gasteiger partial charge in [-0.1, -0.05) is 6.07 Å². The van der Waals surface area contributed by atoms with Gasteiger partial charge in [-0.2, -0.15) is 0 Å². The van der Waals surface area contributed by atoms with Gasteiger partial charge in [0.15, 0.2) is 0 Å². The Kier molecular flexibility index (Phi) is 3.08. The van der Waals surface area contributed by atoms with Crippen molar-refractivity contribution < 1.29 is 4.74 Å². The lowest BCUT2D eigenvalue weighted by atomic mass is 9.92. The lowest BCUT2D eigenvalue weighted by Gasteiger charge is -2.22. The first-order chi connectivity index (χ1) is 6.77. The second kappa shape index (κ2) is 4.32. The normalized spacial score (nSPS) is 18.4. The molecule has 0 spiro atoms. The van der Waals surface area contributed by atoms with Crippen molar-refractivity contribution in [3.63, 3.8) is 0 Å². The molecule has 0 aromatic heterocycles. The maximum Gasteiger partial charge on any atom is 0.0471 e. The first-order valence-electron chi connectivity index (χ1n) is 4.90. The molecule has 0 unspecified atom stereocenters. The highest BCUT2D eigenvalue weighted by atomic mass is 79.9. The summed E-state index contributed by atoms with van der Waals surface area (Å²) in [5.74, 6) is 0.639. The van der Waals surface area contributed by atoms with Crippen LogP contribution in [0, 0.1) is 0 Å². The fraction of sp³-hybridized carbons (Fsp3) is 0.455. The molecule has 0 radical (unpaired) electrons. The number of benzene rings is 1. The number of anilines is 1. The second-order valence-corrected chi connectivity index (χ2v) is 4.52. The van der Waals surface area contributed by atoms with Crippen molar-refractivity contribution in [2.45, 2.75) is 18.8 Å². The van der Waals surface area contributed by atoms with Crippen molar-refractivity contribution in [3.8, 4) is 0 Å². The molecule has 1 fully saturated rings. The molecule has 1 aliphatic rings. The monoisotopic (exact) mass is 255 g/mol. The molecule has 1 heterocycles. The molecule has 14 heavy (non-hydrogen) atoms. The minimum atomic E-state index is 0.639. The molecule has 3 heteroatoms. The molecule has 2 nitrogen and oxygen atoms in total. The van der Waals surface area contributed by atoms with Gasteiger partial charge in [0.25, 0.3) is 0 Å². The molecule has 0 amide bonds. The molecule has 0 aliphatic carbocycles. The Morgan fingerprint density at radius 3 is 2.64 bits per heavy atom. The summed E-state index contributed by atoms with van der Waals surface area (Å²) < 4.78 is 6.34. The molecule has 2 rings (SSSR count). The van der Waals surface area contributed by atoms with Crippen molar-refractivity contribution in [2.24, 2.45) is 0 Å². The molecular weight excluding hydrogens is 242 g/mol. The predicted molar refractivity (Wildman–Crippen MR) is 61.3 cm³/mol. The lowest BCUT2D eigenvalue weighted by Crippen LogP contribution is -2.14. The van der Waals surface area contributed by atoms with Crippen LogP contribution in [0.2, 0.25) is 0 Å². The highest BCUT2D eigenvalue weighted by Crippen LogP contribution is 2.30. The molecule has 1 aliphatic heterocycles. The Bertz CT molecular complexity index is 321. The molecule has 1 aromatic carbocycles. The molecular formula is C11H14BrNO. The van der Waals surface area contributed by atoms with Gasteiger partial charge in [0, 0.05) is 23.4 Å². The lowest BCUT2D eigenvalue weighted by molar-refractivity contribution is 0.0853. The van der Waals surface area contributed by atoms with E-state index in [9.17, 15) is 0 Å². The van der Waals surface area contributed by atoms with E-state index in [1.54, 1.807) is 0 Å². The van der Waals surface area contributed by atoms with Gasteiger partial charge in [0.1, 0.15) is 0 Å². The van der Waals surface area contributed by atoms with Gasteiger partial charge in [-0.25, -0.2) is 0 Å². The van der Waals surface area contributed by atoms with E-state index in [2.05, 4.69) is 28.1 Å². The molecule has 76 valence electrons. The maximum absolute atomic E-state index is 5.75. The third-order valence-electron chi connectivity index (χ3n) is 2.72. The second-order valence-electron chi connectivity index (χ2n) is 3.67. The third-order valence-corrected chi connectivity index (χ3v) is 3.40. The summed E-state index contributed by atoms with van der Waals surface area (Å²) >= 11 is 3.46. The van der Waals surface area contributed by atoms with Crippen molar-refractivity contribution in [1.29, 1.82) is 0 Å². The van der Waals surface area contributed by atoms with Crippen LogP contribution < -0.4 is 5.73 Å². The number of hydrogen-bond acceptors (Lipinski definition) is 2. The number of nitrogens with two attached hydrogens (primary N) is 1. The number of halogens is 1. The smallest absolute Gasteiger partial charge is 0.0471 e. The van der Waals surface area contributed by atoms with Crippen LogP contribution >= 0.6 is 15.9 Å². The van der Waals surface area contributed by atoms with E-state index in [-0.39, 0.29) is 0 Å². The molecule has 0 bridgehead atoms. The predicted octanol–water partition coefficient (Wildman–Crippen LogP) is 2.93. The van der Waals surface area contributed by atoms with Crippen LogP contribution in [-0.4, -0.2) is 13.2 Å². The molecule has 0 saturated carbocycles. The van der Waals surface area contributed by atoms with Crippen LogP contribution in [0.5, 0.6) is 0 Å². The van der Waals surface area contributed by atoms with E-state index in [4.69, 9.17) is 10.5 Å². The largest absolute Gasteiger partial charge is 0.398 e. The standard InChI is InChI=1S/C11H14BrNO/c12-10-7-9(1-2-11(10)13)8-3-5-14-6-4-8/h1-2,7-8H,3-6,13H2. The van der Waals surface area contributed by atoms with Crippen molar-refractivity contribution in [2.75, 3.05) is 18.9 Å². The molecule has 1 aromatic rings. The Morgan fingerprint density at radius 2 is 2.00 bits per heavy atom. The summed E-state index contributed by atoms with van der Waals surface area (Å²) in [5, 5.41) is 0. The van der Waals surface area contributed by atoms with E-state index >= 15 is 0 Å². The number of nitrogen functional groups attached to an aromatic ring is 1. The van der Waals surface area contributed by atoms with Crippen LogP contribution in [0.25, 0.3) is 0 Å². The Labute approximate surface area is 92.6 Å². The molecule has 0 atom stereocenters. The maximum atomic E-state index is 5.75.